The fourth-order valence-electron chi connectivity index (χ4n) is 1.29. The predicted octanol–water partition coefficient (Wildman–Crippen LogP) is 1.04. The lowest BCUT2D eigenvalue weighted by Gasteiger charge is -2.02. The number of nitrogen functional groups attached to an aromatic ring is 1. The van der Waals surface area contributed by atoms with Crippen LogP contribution < -0.4 is 5.73 Å². The van der Waals surface area contributed by atoms with Crippen LogP contribution in [0, 0.1) is 0 Å². The molecule has 0 radical (unpaired) electrons. The molecule has 0 fully saturated rings. The molecular formula is C9H10ClN5. The van der Waals surface area contributed by atoms with Crippen molar-refractivity contribution in [2.24, 2.45) is 7.05 Å². The lowest BCUT2D eigenvalue weighted by molar-refractivity contribution is 0.628. The lowest BCUT2D eigenvalue weighted by atomic mass is 10.1. The van der Waals surface area contributed by atoms with Crippen molar-refractivity contribution in [3.05, 3.63) is 34.6 Å². The molecule has 1 aromatic heterocycles. The van der Waals surface area contributed by atoms with Gasteiger partial charge in [0, 0.05) is 17.1 Å². The van der Waals surface area contributed by atoms with Gasteiger partial charge in [-0.1, -0.05) is 17.7 Å². The molecule has 0 atom stereocenters. The number of nitrogens with two attached hydrogens (primary N) is 1. The topological polar surface area (TPSA) is 69.6 Å². The first-order valence-electron chi connectivity index (χ1n) is 4.42. The van der Waals surface area contributed by atoms with Gasteiger partial charge in [-0.05, 0) is 22.9 Å². The molecule has 2 N–H and O–H groups in total. The first kappa shape index (κ1) is 9.92. The number of aryl methyl sites for hydroxylation is 1. The molecule has 78 valence electrons. The first-order valence-corrected chi connectivity index (χ1v) is 4.80. The highest BCUT2D eigenvalue weighted by Gasteiger charge is 2.05. The molecule has 2 rings (SSSR count). The molecule has 15 heavy (non-hydrogen) atoms. The Morgan fingerprint density at radius 1 is 1.47 bits per heavy atom. The Balaban J connectivity index is 2.24. The van der Waals surface area contributed by atoms with Gasteiger partial charge in [-0.25, -0.2) is 0 Å². The molecule has 0 aliphatic heterocycles. The highest BCUT2D eigenvalue weighted by molar-refractivity contribution is 6.30. The van der Waals surface area contributed by atoms with E-state index in [9.17, 15) is 0 Å². The van der Waals surface area contributed by atoms with Gasteiger partial charge in [0.05, 0.1) is 7.05 Å². The lowest BCUT2D eigenvalue weighted by Crippen LogP contribution is -1.98. The third kappa shape index (κ3) is 2.24. The monoisotopic (exact) mass is 223 g/mol. The summed E-state index contributed by atoms with van der Waals surface area (Å²) >= 11 is 5.80. The van der Waals surface area contributed by atoms with Gasteiger partial charge in [-0.15, -0.1) is 10.2 Å². The maximum atomic E-state index is 5.81. The minimum Gasteiger partial charge on any atom is -0.398 e. The van der Waals surface area contributed by atoms with E-state index in [1.165, 1.54) is 4.80 Å². The van der Waals surface area contributed by atoms with Crippen LogP contribution in [0.15, 0.2) is 18.2 Å². The average Bonchev–Trinajstić information content (AvgIpc) is 2.56. The van der Waals surface area contributed by atoms with Crippen molar-refractivity contribution >= 4 is 17.3 Å². The van der Waals surface area contributed by atoms with E-state index in [4.69, 9.17) is 17.3 Å². The van der Waals surface area contributed by atoms with Gasteiger partial charge < -0.3 is 5.73 Å². The molecule has 0 amide bonds. The average molecular weight is 224 g/mol. The molecule has 6 heteroatoms. The number of aromatic nitrogens is 4. The minimum absolute atomic E-state index is 0.566. The second kappa shape index (κ2) is 3.86. The summed E-state index contributed by atoms with van der Waals surface area (Å²) in [4.78, 5) is 1.42. The first-order chi connectivity index (χ1) is 7.15. The van der Waals surface area contributed by atoms with Gasteiger partial charge in [0.2, 0.25) is 0 Å². The summed E-state index contributed by atoms with van der Waals surface area (Å²) in [6, 6.07) is 5.38. The maximum Gasteiger partial charge on any atom is 0.179 e. The third-order valence-corrected chi connectivity index (χ3v) is 2.24. The van der Waals surface area contributed by atoms with Gasteiger partial charge in [-0.3, -0.25) is 0 Å². The number of benzene rings is 1. The van der Waals surface area contributed by atoms with Crippen molar-refractivity contribution in [2.45, 2.75) is 6.42 Å². The van der Waals surface area contributed by atoms with Gasteiger partial charge >= 0.3 is 0 Å². The van der Waals surface area contributed by atoms with Crippen LogP contribution in [0.5, 0.6) is 0 Å². The summed E-state index contributed by atoms with van der Waals surface area (Å²) in [5, 5.41) is 12.3. The molecule has 0 saturated carbocycles. The number of rotatable bonds is 2. The summed E-state index contributed by atoms with van der Waals surface area (Å²) in [5.74, 6) is 0.645. The third-order valence-electron chi connectivity index (χ3n) is 2.01. The molecule has 0 unspecified atom stereocenters. The zero-order valence-corrected chi connectivity index (χ0v) is 8.94. The normalized spacial score (nSPS) is 10.5. The van der Waals surface area contributed by atoms with E-state index in [0.29, 0.717) is 23.0 Å². The SMILES string of the molecule is Cn1nnc(Cc2ccc(Cl)cc2N)n1. The molecule has 1 heterocycles. The quantitative estimate of drug-likeness (QED) is 0.773. The molecule has 5 nitrogen and oxygen atoms in total. The smallest absolute Gasteiger partial charge is 0.179 e. The van der Waals surface area contributed by atoms with Gasteiger partial charge in [0.25, 0.3) is 0 Å². The summed E-state index contributed by atoms with van der Waals surface area (Å²) in [5.41, 5.74) is 7.41. The number of halogens is 1. The number of hydrogen-bond donors (Lipinski definition) is 1. The highest BCUT2D eigenvalue weighted by atomic mass is 35.5. The molecule has 2 aromatic rings. The zero-order valence-electron chi connectivity index (χ0n) is 8.18. The van der Waals surface area contributed by atoms with Crippen LogP contribution in [0.2, 0.25) is 5.02 Å². The van der Waals surface area contributed by atoms with Crippen LogP contribution in [-0.2, 0) is 13.5 Å². The molecular weight excluding hydrogens is 214 g/mol. The molecule has 0 aliphatic carbocycles. The summed E-state index contributed by atoms with van der Waals surface area (Å²) in [7, 11) is 1.72. The van der Waals surface area contributed by atoms with E-state index in [0.717, 1.165) is 5.56 Å². The van der Waals surface area contributed by atoms with Crippen LogP contribution in [0.1, 0.15) is 11.4 Å². The predicted molar refractivity (Wildman–Crippen MR) is 57.5 cm³/mol. The maximum absolute atomic E-state index is 5.81. The Morgan fingerprint density at radius 2 is 2.27 bits per heavy atom. The Bertz CT molecular complexity index is 479. The van der Waals surface area contributed by atoms with Crippen molar-refractivity contribution in [1.29, 1.82) is 0 Å². The van der Waals surface area contributed by atoms with Crippen LogP contribution in [-0.4, -0.2) is 20.2 Å². The van der Waals surface area contributed by atoms with Crippen molar-refractivity contribution in [3.63, 3.8) is 0 Å². The van der Waals surface area contributed by atoms with E-state index in [-0.39, 0.29) is 0 Å². The Morgan fingerprint density at radius 3 is 2.87 bits per heavy atom. The number of tetrazole rings is 1. The Labute approximate surface area is 91.8 Å². The van der Waals surface area contributed by atoms with E-state index in [1.54, 1.807) is 19.2 Å². The van der Waals surface area contributed by atoms with Crippen molar-refractivity contribution in [2.75, 3.05) is 5.73 Å². The van der Waals surface area contributed by atoms with Gasteiger partial charge in [0.1, 0.15) is 0 Å². The Kier molecular flexibility index (Phi) is 2.55. The van der Waals surface area contributed by atoms with Crippen molar-refractivity contribution in [1.82, 2.24) is 20.2 Å². The standard InChI is InChI=1S/C9H10ClN5/c1-15-13-9(12-14-15)4-6-2-3-7(10)5-8(6)11/h2-3,5H,4,11H2,1H3. The van der Waals surface area contributed by atoms with E-state index in [2.05, 4.69) is 15.4 Å². The van der Waals surface area contributed by atoms with Crippen LogP contribution in [0.3, 0.4) is 0 Å². The zero-order chi connectivity index (χ0) is 10.8. The largest absolute Gasteiger partial charge is 0.398 e. The van der Waals surface area contributed by atoms with Crippen LogP contribution >= 0.6 is 11.6 Å². The van der Waals surface area contributed by atoms with Crippen molar-refractivity contribution < 1.29 is 0 Å². The number of hydrogen-bond acceptors (Lipinski definition) is 4. The highest BCUT2D eigenvalue weighted by Crippen LogP contribution is 2.19. The van der Waals surface area contributed by atoms with E-state index in [1.807, 2.05) is 6.07 Å². The van der Waals surface area contributed by atoms with E-state index >= 15 is 0 Å². The van der Waals surface area contributed by atoms with Crippen molar-refractivity contribution in [3.8, 4) is 0 Å². The molecule has 1 aromatic carbocycles. The number of anilines is 1. The molecule has 0 saturated heterocycles. The fraction of sp³-hybridized carbons (Fsp3) is 0.222. The minimum atomic E-state index is 0.566. The summed E-state index contributed by atoms with van der Waals surface area (Å²) < 4.78 is 0. The summed E-state index contributed by atoms with van der Waals surface area (Å²) in [6.07, 6.45) is 0.566. The second-order valence-corrected chi connectivity index (χ2v) is 3.65. The second-order valence-electron chi connectivity index (χ2n) is 3.22. The number of nitrogens with zero attached hydrogens (tertiary/aromatic N) is 4. The van der Waals surface area contributed by atoms with Crippen LogP contribution in [0.4, 0.5) is 5.69 Å². The fourth-order valence-corrected chi connectivity index (χ4v) is 1.47. The summed E-state index contributed by atoms with van der Waals surface area (Å²) in [6.45, 7) is 0. The Hall–Kier alpha value is -1.62. The van der Waals surface area contributed by atoms with E-state index < -0.39 is 0 Å². The van der Waals surface area contributed by atoms with Gasteiger partial charge in [0.15, 0.2) is 5.82 Å². The molecule has 0 bridgehead atoms. The van der Waals surface area contributed by atoms with Gasteiger partial charge in [-0.2, -0.15) is 4.80 Å². The molecule has 0 aliphatic rings. The molecule has 0 spiro atoms. The van der Waals surface area contributed by atoms with Crippen LogP contribution in [0.25, 0.3) is 0 Å².